The van der Waals surface area contributed by atoms with Gasteiger partial charge in [0.15, 0.2) is 5.75 Å². The number of carbonyl (C=O) groups is 1. The molecule has 2 N–H and O–H groups in total. The van der Waals surface area contributed by atoms with Crippen LogP contribution < -0.4 is 4.72 Å². The quantitative estimate of drug-likeness (QED) is 0.619. The van der Waals surface area contributed by atoms with E-state index in [2.05, 4.69) is 4.72 Å². The van der Waals surface area contributed by atoms with E-state index in [1.807, 2.05) is 0 Å². The van der Waals surface area contributed by atoms with Crippen LogP contribution in [0.1, 0.15) is 25.7 Å². The highest BCUT2D eigenvalue weighted by Gasteiger charge is 2.17. The average Bonchev–Trinajstić information content (AvgIpc) is 2.62. The fourth-order valence-electron chi connectivity index (χ4n) is 1.69. The Kier molecular flexibility index (Phi) is 5.17. The molecular weight excluding hydrogens is 234 g/mol. The van der Waals surface area contributed by atoms with Crippen LogP contribution in [-0.4, -0.2) is 44.5 Å². The maximum absolute atomic E-state index is 11.1. The summed E-state index contributed by atoms with van der Waals surface area (Å²) in [6, 6.07) is 0. The van der Waals surface area contributed by atoms with Gasteiger partial charge in [-0.1, -0.05) is 12.8 Å². The fraction of sp³-hybridized carbons (Fsp3) is 0.889. The highest BCUT2D eigenvalue weighted by atomic mass is 32.2. The Morgan fingerprint density at radius 1 is 1.38 bits per heavy atom. The van der Waals surface area contributed by atoms with E-state index in [-0.39, 0.29) is 12.6 Å². The molecule has 1 aliphatic rings. The standard InChI is InChI=1S/C9H17NO5S/c11-9(12)7-16(13,14)10-5-6-15-8-3-1-2-4-8/h8,10H,1-7H2,(H,11,12). The Hall–Kier alpha value is -0.660. The topological polar surface area (TPSA) is 92.7 Å². The first kappa shape index (κ1) is 13.4. The summed E-state index contributed by atoms with van der Waals surface area (Å²) in [4.78, 5) is 10.2. The van der Waals surface area contributed by atoms with Crippen LogP contribution in [0.2, 0.25) is 0 Å². The molecule has 0 amide bonds. The average molecular weight is 251 g/mol. The molecule has 94 valence electrons. The fourth-order valence-corrected chi connectivity index (χ4v) is 2.51. The van der Waals surface area contributed by atoms with Crippen LogP contribution in [-0.2, 0) is 19.6 Å². The lowest BCUT2D eigenvalue weighted by atomic mass is 10.3. The number of hydrogen-bond donors (Lipinski definition) is 2. The minimum Gasteiger partial charge on any atom is -0.480 e. The molecule has 6 nitrogen and oxygen atoms in total. The number of hydrogen-bond acceptors (Lipinski definition) is 4. The van der Waals surface area contributed by atoms with Crippen molar-refractivity contribution in [2.24, 2.45) is 0 Å². The third kappa shape index (κ3) is 5.43. The molecule has 0 heterocycles. The van der Waals surface area contributed by atoms with Gasteiger partial charge in [0.25, 0.3) is 0 Å². The van der Waals surface area contributed by atoms with E-state index >= 15 is 0 Å². The number of ether oxygens (including phenoxy) is 1. The Labute approximate surface area is 95.0 Å². The van der Waals surface area contributed by atoms with Crippen LogP contribution >= 0.6 is 0 Å². The number of nitrogens with one attached hydrogen (secondary N) is 1. The van der Waals surface area contributed by atoms with E-state index in [1.165, 1.54) is 0 Å². The SMILES string of the molecule is O=C(O)CS(=O)(=O)NCCOC1CCCC1. The van der Waals surface area contributed by atoms with Gasteiger partial charge in [0.05, 0.1) is 12.7 Å². The van der Waals surface area contributed by atoms with E-state index < -0.39 is 21.7 Å². The van der Waals surface area contributed by atoms with Gasteiger partial charge in [-0.2, -0.15) is 0 Å². The maximum atomic E-state index is 11.1. The molecule has 0 saturated heterocycles. The van der Waals surface area contributed by atoms with Crippen molar-refractivity contribution in [2.75, 3.05) is 18.9 Å². The zero-order chi connectivity index (χ0) is 12.0. The number of aliphatic carboxylic acids is 1. The van der Waals surface area contributed by atoms with Crippen LogP contribution in [0.3, 0.4) is 0 Å². The van der Waals surface area contributed by atoms with Crippen molar-refractivity contribution in [3.63, 3.8) is 0 Å². The van der Waals surface area contributed by atoms with Crippen molar-refractivity contribution in [1.82, 2.24) is 4.72 Å². The molecule has 0 radical (unpaired) electrons. The third-order valence-corrected chi connectivity index (χ3v) is 3.66. The van der Waals surface area contributed by atoms with Crippen molar-refractivity contribution in [3.8, 4) is 0 Å². The molecule has 0 aromatic heterocycles. The lowest BCUT2D eigenvalue weighted by molar-refractivity contribution is -0.134. The summed E-state index contributed by atoms with van der Waals surface area (Å²) in [7, 11) is -3.71. The summed E-state index contributed by atoms with van der Waals surface area (Å²) in [5, 5.41) is 8.33. The molecule has 0 unspecified atom stereocenters. The number of sulfonamides is 1. The molecule has 1 fully saturated rings. The summed E-state index contributed by atoms with van der Waals surface area (Å²) in [6.07, 6.45) is 4.62. The Bertz CT molecular complexity index is 321. The van der Waals surface area contributed by atoms with Gasteiger partial charge in [0.2, 0.25) is 10.0 Å². The van der Waals surface area contributed by atoms with Crippen LogP contribution in [0, 0.1) is 0 Å². The molecule has 0 aliphatic heterocycles. The van der Waals surface area contributed by atoms with Gasteiger partial charge < -0.3 is 9.84 Å². The first-order valence-corrected chi connectivity index (χ1v) is 6.95. The van der Waals surface area contributed by atoms with Crippen molar-refractivity contribution >= 4 is 16.0 Å². The van der Waals surface area contributed by atoms with Gasteiger partial charge in [-0.25, -0.2) is 13.1 Å². The normalized spacial score (nSPS) is 17.8. The predicted molar refractivity (Wildman–Crippen MR) is 57.6 cm³/mol. The van der Waals surface area contributed by atoms with Crippen LogP contribution in [0.4, 0.5) is 0 Å². The second kappa shape index (κ2) is 6.17. The van der Waals surface area contributed by atoms with Gasteiger partial charge >= 0.3 is 5.97 Å². The van der Waals surface area contributed by atoms with Gasteiger partial charge in [-0.15, -0.1) is 0 Å². The van der Waals surface area contributed by atoms with Crippen molar-refractivity contribution in [3.05, 3.63) is 0 Å². The lowest BCUT2D eigenvalue weighted by Gasteiger charge is -2.11. The minimum atomic E-state index is -3.71. The molecule has 16 heavy (non-hydrogen) atoms. The maximum Gasteiger partial charge on any atom is 0.320 e. The van der Waals surface area contributed by atoms with Crippen LogP contribution in [0.25, 0.3) is 0 Å². The second-order valence-corrected chi connectivity index (χ2v) is 5.63. The Balaban J connectivity index is 2.12. The molecule has 0 atom stereocenters. The smallest absolute Gasteiger partial charge is 0.320 e. The van der Waals surface area contributed by atoms with E-state index in [1.54, 1.807) is 0 Å². The Morgan fingerprint density at radius 2 is 2.00 bits per heavy atom. The van der Waals surface area contributed by atoms with E-state index in [9.17, 15) is 13.2 Å². The molecule has 1 saturated carbocycles. The molecule has 0 spiro atoms. The van der Waals surface area contributed by atoms with Gasteiger partial charge in [0, 0.05) is 6.54 Å². The molecule has 0 bridgehead atoms. The zero-order valence-corrected chi connectivity index (χ0v) is 9.83. The summed E-state index contributed by atoms with van der Waals surface area (Å²) < 4.78 is 29.8. The number of carboxylic acids is 1. The van der Waals surface area contributed by atoms with Gasteiger partial charge in [-0.05, 0) is 12.8 Å². The Morgan fingerprint density at radius 3 is 2.56 bits per heavy atom. The highest BCUT2D eigenvalue weighted by molar-refractivity contribution is 7.90. The summed E-state index contributed by atoms with van der Waals surface area (Å²) in [5.41, 5.74) is 0. The van der Waals surface area contributed by atoms with Crippen molar-refractivity contribution in [2.45, 2.75) is 31.8 Å². The van der Waals surface area contributed by atoms with Crippen molar-refractivity contribution < 1.29 is 23.1 Å². The molecule has 7 heteroatoms. The molecule has 1 aliphatic carbocycles. The first-order valence-electron chi connectivity index (χ1n) is 5.30. The van der Waals surface area contributed by atoms with E-state index in [0.29, 0.717) is 6.61 Å². The molecule has 1 rings (SSSR count). The summed E-state index contributed by atoms with van der Waals surface area (Å²) >= 11 is 0. The van der Waals surface area contributed by atoms with Crippen LogP contribution in [0.5, 0.6) is 0 Å². The van der Waals surface area contributed by atoms with Crippen LogP contribution in [0.15, 0.2) is 0 Å². The largest absolute Gasteiger partial charge is 0.480 e. The monoisotopic (exact) mass is 251 g/mol. The lowest BCUT2D eigenvalue weighted by Crippen LogP contribution is -2.33. The number of carboxylic acid groups (broad SMARTS) is 1. The highest BCUT2D eigenvalue weighted by Crippen LogP contribution is 2.20. The second-order valence-electron chi connectivity index (χ2n) is 3.82. The number of rotatable bonds is 7. The van der Waals surface area contributed by atoms with Gasteiger partial charge in [0.1, 0.15) is 0 Å². The molecule has 0 aromatic carbocycles. The minimum absolute atomic E-state index is 0.131. The molecular formula is C9H17NO5S. The van der Waals surface area contributed by atoms with Gasteiger partial charge in [-0.3, -0.25) is 4.79 Å². The molecule has 0 aromatic rings. The van der Waals surface area contributed by atoms with E-state index in [0.717, 1.165) is 25.7 Å². The summed E-state index contributed by atoms with van der Waals surface area (Å²) in [6.45, 7) is 0.426. The van der Waals surface area contributed by atoms with Crippen molar-refractivity contribution in [1.29, 1.82) is 0 Å². The van der Waals surface area contributed by atoms with E-state index in [4.69, 9.17) is 9.84 Å². The predicted octanol–water partition coefficient (Wildman–Crippen LogP) is -0.0504. The summed E-state index contributed by atoms with van der Waals surface area (Å²) in [5.74, 6) is -2.25. The first-order chi connectivity index (χ1) is 7.49. The zero-order valence-electron chi connectivity index (χ0n) is 9.02. The third-order valence-electron chi connectivity index (χ3n) is 2.39.